The minimum atomic E-state index is -0.968. The van der Waals surface area contributed by atoms with Crippen molar-refractivity contribution in [1.82, 2.24) is 9.97 Å². The highest BCUT2D eigenvalue weighted by Crippen LogP contribution is 2.18. The van der Waals surface area contributed by atoms with Gasteiger partial charge in [0.25, 0.3) is 5.91 Å². The van der Waals surface area contributed by atoms with Gasteiger partial charge < -0.3 is 15.4 Å². The largest absolute Gasteiger partial charge is 0.449 e. The molecule has 3 rings (SSSR count). The molecule has 3 aromatic rings. The lowest BCUT2D eigenvalue weighted by Gasteiger charge is -2.16. The van der Waals surface area contributed by atoms with Gasteiger partial charge in [0.1, 0.15) is 5.52 Å². The van der Waals surface area contributed by atoms with Gasteiger partial charge in [-0.3, -0.25) is 19.6 Å². The summed E-state index contributed by atoms with van der Waals surface area (Å²) in [5, 5.41) is 5.36. The number of nitrogens with zero attached hydrogens (tertiary/aromatic N) is 2. The Morgan fingerprint density at radius 1 is 0.966 bits per heavy atom. The summed E-state index contributed by atoms with van der Waals surface area (Å²) in [7, 11) is 0. The van der Waals surface area contributed by atoms with Crippen molar-refractivity contribution in [2.24, 2.45) is 0 Å². The summed E-state index contributed by atoms with van der Waals surface area (Å²) in [5.74, 6) is -1.27. The van der Waals surface area contributed by atoms with Gasteiger partial charge in [0.15, 0.2) is 6.10 Å². The monoisotopic (exact) mass is 392 g/mol. The second-order valence-electron chi connectivity index (χ2n) is 6.28. The first-order valence-corrected chi connectivity index (χ1v) is 9.07. The summed E-state index contributed by atoms with van der Waals surface area (Å²) >= 11 is 0. The van der Waals surface area contributed by atoms with Crippen molar-refractivity contribution in [3.8, 4) is 0 Å². The van der Waals surface area contributed by atoms with E-state index >= 15 is 0 Å². The summed E-state index contributed by atoms with van der Waals surface area (Å²) < 4.78 is 5.43. The standard InChI is InChI=1S/C21H20N4O4/c1-3-18(20(27)25-15-9-7-14(8-10-15)24-13(2)26)29-21(28)16-5-4-6-17-19(16)23-12-11-22-17/h4-12,18H,3H2,1-2H3,(H,24,26)(H,25,27). The number of anilines is 2. The van der Waals surface area contributed by atoms with Crippen molar-refractivity contribution in [3.05, 3.63) is 60.4 Å². The van der Waals surface area contributed by atoms with E-state index < -0.39 is 18.0 Å². The van der Waals surface area contributed by atoms with E-state index in [-0.39, 0.29) is 11.5 Å². The quantitative estimate of drug-likeness (QED) is 0.624. The summed E-state index contributed by atoms with van der Waals surface area (Å²) in [6.07, 6.45) is 2.37. The van der Waals surface area contributed by atoms with E-state index in [0.717, 1.165) is 0 Å². The van der Waals surface area contributed by atoms with E-state index in [4.69, 9.17) is 4.74 Å². The van der Waals surface area contributed by atoms with Crippen LogP contribution in [0.2, 0.25) is 0 Å². The van der Waals surface area contributed by atoms with E-state index in [1.54, 1.807) is 49.4 Å². The Bertz CT molecular complexity index is 1040. The summed E-state index contributed by atoms with van der Waals surface area (Å²) in [4.78, 5) is 44.6. The molecule has 0 bridgehead atoms. The molecule has 8 nitrogen and oxygen atoms in total. The summed E-state index contributed by atoms with van der Waals surface area (Å²) in [5.41, 5.74) is 2.38. The SMILES string of the molecule is CCC(OC(=O)c1cccc2nccnc12)C(=O)Nc1ccc(NC(C)=O)cc1. The predicted molar refractivity (Wildman–Crippen MR) is 108 cm³/mol. The first-order chi connectivity index (χ1) is 14.0. The highest BCUT2D eigenvalue weighted by atomic mass is 16.5. The number of esters is 1. The second kappa shape index (κ2) is 8.92. The third-order valence-corrected chi connectivity index (χ3v) is 4.10. The van der Waals surface area contributed by atoms with Gasteiger partial charge in [-0.25, -0.2) is 4.79 Å². The first kappa shape index (κ1) is 19.9. The van der Waals surface area contributed by atoms with E-state index in [1.807, 2.05) is 0 Å². The molecule has 2 aromatic carbocycles. The maximum Gasteiger partial charge on any atom is 0.341 e. The maximum atomic E-state index is 12.6. The number of hydrogen-bond donors (Lipinski definition) is 2. The lowest BCUT2D eigenvalue weighted by atomic mass is 10.1. The van der Waals surface area contributed by atoms with Gasteiger partial charge in [0.2, 0.25) is 5.91 Å². The van der Waals surface area contributed by atoms with Crippen molar-refractivity contribution in [3.63, 3.8) is 0 Å². The van der Waals surface area contributed by atoms with Gasteiger partial charge >= 0.3 is 5.97 Å². The van der Waals surface area contributed by atoms with Crippen LogP contribution in [0.1, 0.15) is 30.6 Å². The zero-order valence-electron chi connectivity index (χ0n) is 16.0. The molecule has 29 heavy (non-hydrogen) atoms. The van der Waals surface area contributed by atoms with Gasteiger partial charge in [0, 0.05) is 30.7 Å². The van der Waals surface area contributed by atoms with Crippen LogP contribution in [0.4, 0.5) is 11.4 Å². The first-order valence-electron chi connectivity index (χ1n) is 9.07. The molecule has 1 unspecified atom stereocenters. The molecular formula is C21H20N4O4. The number of nitrogens with one attached hydrogen (secondary N) is 2. The van der Waals surface area contributed by atoms with Crippen LogP contribution >= 0.6 is 0 Å². The molecule has 0 saturated carbocycles. The fourth-order valence-corrected chi connectivity index (χ4v) is 2.74. The number of carbonyl (C=O) groups excluding carboxylic acids is 3. The average Bonchev–Trinajstić information content (AvgIpc) is 2.72. The molecule has 0 radical (unpaired) electrons. The van der Waals surface area contributed by atoms with Crippen molar-refractivity contribution in [1.29, 1.82) is 0 Å². The number of hydrogen-bond acceptors (Lipinski definition) is 6. The van der Waals surface area contributed by atoms with Crippen LogP contribution < -0.4 is 10.6 Å². The van der Waals surface area contributed by atoms with Crippen LogP contribution in [0.25, 0.3) is 11.0 Å². The number of benzene rings is 2. The fraction of sp³-hybridized carbons (Fsp3) is 0.190. The highest BCUT2D eigenvalue weighted by Gasteiger charge is 2.23. The third-order valence-electron chi connectivity index (χ3n) is 4.10. The normalized spacial score (nSPS) is 11.5. The topological polar surface area (TPSA) is 110 Å². The Balaban J connectivity index is 1.69. The molecular weight excluding hydrogens is 372 g/mol. The lowest BCUT2D eigenvalue weighted by molar-refractivity contribution is -0.124. The molecule has 0 aliphatic heterocycles. The number of aromatic nitrogens is 2. The van der Waals surface area contributed by atoms with Crippen molar-refractivity contribution in [2.45, 2.75) is 26.4 Å². The van der Waals surface area contributed by atoms with E-state index in [9.17, 15) is 14.4 Å². The summed E-state index contributed by atoms with van der Waals surface area (Å²) in [6, 6.07) is 11.7. The van der Waals surface area contributed by atoms with Crippen molar-refractivity contribution < 1.29 is 19.1 Å². The Morgan fingerprint density at radius 2 is 1.62 bits per heavy atom. The van der Waals surface area contributed by atoms with Gasteiger partial charge in [-0.15, -0.1) is 0 Å². The number of ether oxygens (including phenoxy) is 1. The second-order valence-corrected chi connectivity index (χ2v) is 6.28. The van der Waals surface area contributed by atoms with Crippen LogP contribution in [-0.2, 0) is 14.3 Å². The highest BCUT2D eigenvalue weighted by molar-refractivity contribution is 6.03. The molecule has 1 heterocycles. The molecule has 2 amide bonds. The van der Waals surface area contributed by atoms with Crippen LogP contribution in [0.15, 0.2) is 54.9 Å². The third kappa shape index (κ3) is 4.92. The van der Waals surface area contributed by atoms with E-state index in [2.05, 4.69) is 20.6 Å². The number of fused-ring (bicyclic) bond motifs is 1. The van der Waals surface area contributed by atoms with Crippen LogP contribution in [0.5, 0.6) is 0 Å². The molecule has 148 valence electrons. The smallest absolute Gasteiger partial charge is 0.341 e. The minimum Gasteiger partial charge on any atom is -0.449 e. The lowest BCUT2D eigenvalue weighted by Crippen LogP contribution is -2.32. The van der Waals surface area contributed by atoms with Gasteiger partial charge in [-0.05, 0) is 42.8 Å². The fourth-order valence-electron chi connectivity index (χ4n) is 2.74. The minimum absolute atomic E-state index is 0.183. The molecule has 0 aliphatic rings. The molecule has 0 aliphatic carbocycles. The molecule has 8 heteroatoms. The molecule has 0 saturated heterocycles. The van der Waals surface area contributed by atoms with Crippen LogP contribution in [0, 0.1) is 0 Å². The molecule has 2 N–H and O–H groups in total. The van der Waals surface area contributed by atoms with Gasteiger partial charge in [-0.2, -0.15) is 0 Å². The molecule has 0 fully saturated rings. The predicted octanol–water partition coefficient (Wildman–Crippen LogP) is 3.16. The number of carbonyl (C=O) groups is 3. The molecule has 0 spiro atoms. The zero-order chi connectivity index (χ0) is 20.8. The van der Waals surface area contributed by atoms with E-state index in [0.29, 0.717) is 28.8 Å². The Morgan fingerprint density at radius 3 is 2.28 bits per heavy atom. The zero-order valence-corrected chi connectivity index (χ0v) is 16.0. The van der Waals surface area contributed by atoms with Crippen molar-refractivity contribution in [2.75, 3.05) is 10.6 Å². The Kier molecular flexibility index (Phi) is 6.13. The number of para-hydroxylation sites is 1. The number of rotatable bonds is 6. The maximum absolute atomic E-state index is 12.6. The summed E-state index contributed by atoms with van der Waals surface area (Å²) in [6.45, 7) is 3.16. The Hall–Kier alpha value is -3.81. The Labute approximate surface area is 167 Å². The van der Waals surface area contributed by atoms with Gasteiger partial charge in [0.05, 0.1) is 11.1 Å². The molecule has 1 aromatic heterocycles. The average molecular weight is 392 g/mol. The van der Waals surface area contributed by atoms with Crippen LogP contribution in [0.3, 0.4) is 0 Å². The van der Waals surface area contributed by atoms with Crippen molar-refractivity contribution >= 4 is 40.2 Å². The van der Waals surface area contributed by atoms with Crippen LogP contribution in [-0.4, -0.2) is 33.9 Å². The van der Waals surface area contributed by atoms with Gasteiger partial charge in [-0.1, -0.05) is 13.0 Å². The molecule has 1 atom stereocenters. The van der Waals surface area contributed by atoms with E-state index in [1.165, 1.54) is 19.3 Å². The number of amides is 2.